The molecule has 0 radical (unpaired) electrons. The first-order chi connectivity index (χ1) is 11.7. The van der Waals surface area contributed by atoms with Crippen LogP contribution in [0.1, 0.15) is 22.2 Å². The fourth-order valence-corrected chi connectivity index (χ4v) is 4.04. The maximum Gasteiger partial charge on any atom is 0.191 e. The Bertz CT molecular complexity index is 674. The minimum Gasteiger partial charge on any atom is -0.357 e. The van der Waals surface area contributed by atoms with Crippen molar-refractivity contribution in [3.63, 3.8) is 0 Å². The summed E-state index contributed by atoms with van der Waals surface area (Å²) in [6.07, 6.45) is 0. The first kappa shape index (κ1) is 22.1. The monoisotopic (exact) mass is 491 g/mol. The summed E-state index contributed by atoms with van der Waals surface area (Å²) in [7, 11) is -0.871. The Kier molecular flexibility index (Phi) is 11.0. The summed E-state index contributed by atoms with van der Waals surface area (Å²) >= 11 is 1.77. The number of rotatable bonds is 8. The summed E-state index contributed by atoms with van der Waals surface area (Å²) < 4.78 is 12.1. The third-order valence-corrected chi connectivity index (χ3v) is 5.63. The number of nitrogens with one attached hydrogen (secondary N) is 2. The normalized spacial score (nSPS) is 12.3. The lowest BCUT2D eigenvalue weighted by atomic mass is 10.2. The zero-order valence-electron chi connectivity index (χ0n) is 14.7. The van der Waals surface area contributed by atoms with Gasteiger partial charge in [-0.05, 0) is 31.5 Å². The van der Waals surface area contributed by atoms with E-state index in [4.69, 9.17) is 0 Å². The van der Waals surface area contributed by atoms with Crippen molar-refractivity contribution in [3.05, 3.63) is 57.8 Å². The van der Waals surface area contributed by atoms with E-state index in [2.05, 4.69) is 34.7 Å². The van der Waals surface area contributed by atoms with E-state index >= 15 is 0 Å². The zero-order valence-corrected chi connectivity index (χ0v) is 18.6. The summed E-state index contributed by atoms with van der Waals surface area (Å²) in [6.45, 7) is 6.27. The van der Waals surface area contributed by atoms with Crippen molar-refractivity contribution in [1.82, 2.24) is 10.6 Å². The predicted molar refractivity (Wildman–Crippen MR) is 120 cm³/mol. The highest BCUT2D eigenvalue weighted by Crippen LogP contribution is 2.15. The molecule has 1 aromatic carbocycles. The van der Waals surface area contributed by atoms with Crippen molar-refractivity contribution in [2.45, 2.75) is 26.1 Å². The molecule has 0 fully saturated rings. The van der Waals surface area contributed by atoms with E-state index in [1.165, 1.54) is 9.75 Å². The van der Waals surface area contributed by atoms with E-state index in [-0.39, 0.29) is 24.0 Å². The van der Waals surface area contributed by atoms with Gasteiger partial charge in [-0.1, -0.05) is 30.3 Å². The molecule has 1 unspecified atom stereocenters. The lowest BCUT2D eigenvalue weighted by Gasteiger charge is -2.11. The molecule has 2 rings (SSSR count). The summed E-state index contributed by atoms with van der Waals surface area (Å²) in [6, 6.07) is 14.2. The van der Waals surface area contributed by atoms with E-state index in [1.54, 1.807) is 11.3 Å². The maximum atomic E-state index is 12.1. The summed E-state index contributed by atoms with van der Waals surface area (Å²) in [5.74, 6) is 1.99. The SMILES string of the molecule is CCNC(=NCc1ccc(C)s1)NCCS(=O)Cc1ccccc1.I. The van der Waals surface area contributed by atoms with Crippen molar-refractivity contribution >= 4 is 52.1 Å². The molecule has 1 heterocycles. The topological polar surface area (TPSA) is 53.5 Å². The molecule has 0 bridgehead atoms. The van der Waals surface area contributed by atoms with Crippen LogP contribution in [0.3, 0.4) is 0 Å². The number of halogens is 1. The second kappa shape index (κ2) is 12.4. The fourth-order valence-electron chi connectivity index (χ4n) is 2.18. The molecule has 0 aliphatic rings. The molecule has 1 atom stereocenters. The van der Waals surface area contributed by atoms with Gasteiger partial charge in [0.1, 0.15) is 0 Å². The number of thiophene rings is 1. The van der Waals surface area contributed by atoms with E-state index in [9.17, 15) is 4.21 Å². The molecule has 7 heteroatoms. The van der Waals surface area contributed by atoms with Gasteiger partial charge in [0.15, 0.2) is 5.96 Å². The molecule has 0 amide bonds. The number of guanidine groups is 1. The number of hydrogen-bond acceptors (Lipinski definition) is 3. The number of aryl methyl sites for hydroxylation is 1. The average Bonchev–Trinajstić information content (AvgIpc) is 2.99. The third kappa shape index (κ3) is 8.82. The molecule has 0 aliphatic heterocycles. The quantitative estimate of drug-likeness (QED) is 0.337. The Morgan fingerprint density at radius 2 is 1.92 bits per heavy atom. The number of aliphatic imine (C=N–C) groups is 1. The van der Waals surface area contributed by atoms with E-state index < -0.39 is 10.8 Å². The van der Waals surface area contributed by atoms with Crippen molar-refractivity contribution in [2.75, 3.05) is 18.8 Å². The smallest absolute Gasteiger partial charge is 0.191 e. The van der Waals surface area contributed by atoms with Gasteiger partial charge in [0.25, 0.3) is 0 Å². The van der Waals surface area contributed by atoms with Crippen molar-refractivity contribution in [1.29, 1.82) is 0 Å². The second-order valence-corrected chi connectivity index (χ2v) is 8.36. The molecule has 0 spiro atoms. The van der Waals surface area contributed by atoms with Crippen LogP contribution in [0.2, 0.25) is 0 Å². The molecule has 1 aromatic heterocycles. The first-order valence-electron chi connectivity index (χ1n) is 8.13. The van der Waals surface area contributed by atoms with Crippen LogP contribution in [0.15, 0.2) is 47.5 Å². The predicted octanol–water partition coefficient (Wildman–Crippen LogP) is 3.68. The largest absolute Gasteiger partial charge is 0.357 e. The Balaban J connectivity index is 0.00000312. The highest BCUT2D eigenvalue weighted by atomic mass is 127. The van der Waals surface area contributed by atoms with E-state index in [0.29, 0.717) is 24.6 Å². The lowest BCUT2D eigenvalue weighted by molar-refractivity contribution is 0.680. The Morgan fingerprint density at radius 3 is 2.56 bits per heavy atom. The number of nitrogens with zero attached hydrogens (tertiary/aromatic N) is 1. The van der Waals surface area contributed by atoms with Crippen LogP contribution < -0.4 is 10.6 Å². The molecule has 25 heavy (non-hydrogen) atoms. The van der Waals surface area contributed by atoms with Gasteiger partial charge in [-0.3, -0.25) is 4.21 Å². The van der Waals surface area contributed by atoms with Gasteiger partial charge in [0.2, 0.25) is 0 Å². The van der Waals surface area contributed by atoms with Crippen LogP contribution in [0.5, 0.6) is 0 Å². The Hall–Kier alpha value is -0.930. The van der Waals surface area contributed by atoms with Crippen LogP contribution >= 0.6 is 35.3 Å². The van der Waals surface area contributed by atoms with E-state index in [1.807, 2.05) is 37.3 Å². The minimum absolute atomic E-state index is 0. The van der Waals surface area contributed by atoms with Crippen LogP contribution in [0.25, 0.3) is 0 Å². The van der Waals surface area contributed by atoms with Crippen LogP contribution in [-0.2, 0) is 23.1 Å². The second-order valence-electron chi connectivity index (χ2n) is 5.41. The molecular weight excluding hydrogens is 465 g/mol. The highest BCUT2D eigenvalue weighted by Gasteiger charge is 2.03. The van der Waals surface area contributed by atoms with Crippen molar-refractivity contribution in [3.8, 4) is 0 Å². The molecular formula is C18H26IN3OS2. The van der Waals surface area contributed by atoms with Gasteiger partial charge in [-0.15, -0.1) is 35.3 Å². The van der Waals surface area contributed by atoms with Gasteiger partial charge in [0, 0.05) is 45.1 Å². The minimum atomic E-state index is -0.871. The summed E-state index contributed by atoms with van der Waals surface area (Å²) in [5.41, 5.74) is 1.12. The van der Waals surface area contributed by atoms with Crippen LogP contribution in [0, 0.1) is 6.92 Å². The summed E-state index contributed by atoms with van der Waals surface area (Å²) in [5, 5.41) is 6.49. The molecule has 0 saturated carbocycles. The molecule has 0 saturated heterocycles. The van der Waals surface area contributed by atoms with Gasteiger partial charge in [-0.25, -0.2) is 4.99 Å². The van der Waals surface area contributed by atoms with Crippen molar-refractivity contribution < 1.29 is 4.21 Å². The zero-order chi connectivity index (χ0) is 17.2. The number of benzene rings is 1. The van der Waals surface area contributed by atoms with Gasteiger partial charge in [-0.2, -0.15) is 0 Å². The van der Waals surface area contributed by atoms with Gasteiger partial charge in [0.05, 0.1) is 6.54 Å². The first-order valence-corrected chi connectivity index (χ1v) is 10.4. The molecule has 4 nitrogen and oxygen atoms in total. The lowest BCUT2D eigenvalue weighted by Crippen LogP contribution is -2.39. The number of hydrogen-bond donors (Lipinski definition) is 2. The third-order valence-electron chi connectivity index (χ3n) is 3.33. The van der Waals surface area contributed by atoms with Crippen LogP contribution in [0.4, 0.5) is 0 Å². The van der Waals surface area contributed by atoms with Crippen LogP contribution in [-0.4, -0.2) is 29.0 Å². The van der Waals surface area contributed by atoms with E-state index in [0.717, 1.165) is 18.1 Å². The fraction of sp³-hybridized carbons (Fsp3) is 0.389. The molecule has 0 aliphatic carbocycles. The van der Waals surface area contributed by atoms with Gasteiger partial charge >= 0.3 is 0 Å². The Morgan fingerprint density at radius 1 is 1.16 bits per heavy atom. The Labute approximate surface area is 174 Å². The maximum absolute atomic E-state index is 12.1. The molecule has 2 N–H and O–H groups in total. The standard InChI is InChI=1S/C18H25N3OS2.HI/c1-3-19-18(21-13-17-10-9-15(2)23-17)20-11-12-24(22)14-16-7-5-4-6-8-16;/h4-10H,3,11-14H2,1-2H3,(H2,19,20,21);1H. The average molecular weight is 491 g/mol. The molecule has 2 aromatic rings. The van der Waals surface area contributed by atoms with Gasteiger partial charge < -0.3 is 10.6 Å². The summed E-state index contributed by atoms with van der Waals surface area (Å²) in [4.78, 5) is 7.13. The van der Waals surface area contributed by atoms with Crippen molar-refractivity contribution in [2.24, 2.45) is 4.99 Å². The highest BCUT2D eigenvalue weighted by molar-refractivity contribution is 14.0. The molecule has 138 valence electrons.